The van der Waals surface area contributed by atoms with Gasteiger partial charge in [-0.05, 0) is 6.07 Å². The molecule has 5 heteroatoms. The SMILES string of the molecule is Nc1ccc([N+](=O)[O-])c(-c2ccccc2)n1. The van der Waals surface area contributed by atoms with Crippen molar-refractivity contribution in [2.75, 3.05) is 5.73 Å². The molecule has 5 nitrogen and oxygen atoms in total. The van der Waals surface area contributed by atoms with Crippen LogP contribution in [0.3, 0.4) is 0 Å². The molecule has 1 aromatic heterocycles. The molecule has 0 saturated heterocycles. The van der Waals surface area contributed by atoms with Crippen LogP contribution in [0.25, 0.3) is 11.3 Å². The highest BCUT2D eigenvalue weighted by molar-refractivity contribution is 5.70. The summed E-state index contributed by atoms with van der Waals surface area (Å²) in [5, 5.41) is 10.8. The van der Waals surface area contributed by atoms with Gasteiger partial charge in [-0.2, -0.15) is 0 Å². The molecule has 0 aliphatic carbocycles. The second-order valence-corrected chi connectivity index (χ2v) is 3.23. The van der Waals surface area contributed by atoms with Gasteiger partial charge in [-0.25, -0.2) is 4.98 Å². The zero-order valence-electron chi connectivity index (χ0n) is 8.33. The second kappa shape index (κ2) is 3.98. The van der Waals surface area contributed by atoms with Gasteiger partial charge in [0.1, 0.15) is 5.82 Å². The third-order valence-corrected chi connectivity index (χ3v) is 2.14. The van der Waals surface area contributed by atoms with Crippen LogP contribution >= 0.6 is 0 Å². The van der Waals surface area contributed by atoms with E-state index in [1.54, 1.807) is 24.3 Å². The summed E-state index contributed by atoms with van der Waals surface area (Å²) in [7, 11) is 0. The van der Waals surface area contributed by atoms with E-state index in [1.807, 2.05) is 6.07 Å². The summed E-state index contributed by atoms with van der Waals surface area (Å²) < 4.78 is 0. The number of hydrogen-bond donors (Lipinski definition) is 1. The molecule has 0 spiro atoms. The van der Waals surface area contributed by atoms with E-state index >= 15 is 0 Å². The molecule has 0 amide bonds. The fraction of sp³-hybridized carbons (Fsp3) is 0. The normalized spacial score (nSPS) is 10.0. The van der Waals surface area contributed by atoms with E-state index in [2.05, 4.69) is 4.98 Å². The average molecular weight is 215 g/mol. The Kier molecular flexibility index (Phi) is 2.51. The summed E-state index contributed by atoms with van der Waals surface area (Å²) in [6, 6.07) is 11.7. The molecule has 16 heavy (non-hydrogen) atoms. The fourth-order valence-electron chi connectivity index (χ4n) is 1.42. The van der Waals surface area contributed by atoms with Gasteiger partial charge in [0, 0.05) is 11.6 Å². The highest BCUT2D eigenvalue weighted by Crippen LogP contribution is 2.28. The lowest BCUT2D eigenvalue weighted by molar-refractivity contribution is -0.384. The quantitative estimate of drug-likeness (QED) is 0.615. The van der Waals surface area contributed by atoms with Gasteiger partial charge in [0.15, 0.2) is 5.69 Å². The van der Waals surface area contributed by atoms with Crippen LogP contribution in [0.5, 0.6) is 0 Å². The number of nitrogens with two attached hydrogens (primary N) is 1. The Bertz CT molecular complexity index is 526. The Morgan fingerprint density at radius 2 is 1.81 bits per heavy atom. The van der Waals surface area contributed by atoms with E-state index in [9.17, 15) is 10.1 Å². The summed E-state index contributed by atoms with van der Waals surface area (Å²) in [5.74, 6) is 0.268. The Morgan fingerprint density at radius 3 is 2.44 bits per heavy atom. The Labute approximate surface area is 91.7 Å². The molecule has 1 heterocycles. The van der Waals surface area contributed by atoms with Crippen LogP contribution in [0.2, 0.25) is 0 Å². The van der Waals surface area contributed by atoms with Crippen LogP contribution in [0.15, 0.2) is 42.5 Å². The molecule has 0 radical (unpaired) electrons. The van der Waals surface area contributed by atoms with Gasteiger partial charge >= 0.3 is 0 Å². The number of nitro groups is 1. The molecule has 0 aliphatic heterocycles. The summed E-state index contributed by atoms with van der Waals surface area (Å²) in [6.07, 6.45) is 0. The lowest BCUT2D eigenvalue weighted by Gasteiger charge is -2.02. The molecule has 0 saturated carbocycles. The van der Waals surface area contributed by atoms with Gasteiger partial charge in [-0.1, -0.05) is 30.3 Å². The maximum atomic E-state index is 10.8. The number of aromatic nitrogens is 1. The van der Waals surface area contributed by atoms with E-state index in [-0.39, 0.29) is 11.5 Å². The van der Waals surface area contributed by atoms with Crippen molar-refractivity contribution in [2.45, 2.75) is 0 Å². The number of nitrogens with zero attached hydrogens (tertiary/aromatic N) is 2. The van der Waals surface area contributed by atoms with Crippen LogP contribution in [0, 0.1) is 10.1 Å². The monoisotopic (exact) mass is 215 g/mol. The summed E-state index contributed by atoms with van der Waals surface area (Å²) in [6.45, 7) is 0. The van der Waals surface area contributed by atoms with Gasteiger partial charge in [0.25, 0.3) is 5.69 Å². The highest BCUT2D eigenvalue weighted by atomic mass is 16.6. The van der Waals surface area contributed by atoms with Crippen molar-refractivity contribution in [3.63, 3.8) is 0 Å². The fourth-order valence-corrected chi connectivity index (χ4v) is 1.42. The van der Waals surface area contributed by atoms with Crippen molar-refractivity contribution in [3.05, 3.63) is 52.6 Å². The molecule has 0 atom stereocenters. The minimum absolute atomic E-state index is 0.0413. The molecule has 0 aliphatic rings. The number of rotatable bonds is 2. The lowest BCUT2D eigenvalue weighted by atomic mass is 10.1. The Morgan fingerprint density at radius 1 is 1.12 bits per heavy atom. The van der Waals surface area contributed by atoms with E-state index < -0.39 is 4.92 Å². The summed E-state index contributed by atoms with van der Waals surface area (Å²) >= 11 is 0. The molecule has 0 fully saturated rings. The maximum Gasteiger partial charge on any atom is 0.295 e. The summed E-state index contributed by atoms with van der Waals surface area (Å²) in [4.78, 5) is 14.4. The number of pyridine rings is 1. The Hall–Kier alpha value is -2.43. The molecule has 2 rings (SSSR count). The molecule has 2 N–H and O–H groups in total. The van der Waals surface area contributed by atoms with Crippen LogP contribution in [0.1, 0.15) is 0 Å². The first-order valence-corrected chi connectivity index (χ1v) is 4.65. The molecule has 1 aromatic carbocycles. The predicted octanol–water partition coefficient (Wildman–Crippen LogP) is 2.24. The Balaban J connectivity index is 2.63. The van der Waals surface area contributed by atoms with Crippen LogP contribution in [-0.4, -0.2) is 9.91 Å². The highest BCUT2D eigenvalue weighted by Gasteiger charge is 2.16. The van der Waals surface area contributed by atoms with Crippen molar-refractivity contribution in [2.24, 2.45) is 0 Å². The van der Waals surface area contributed by atoms with Crippen LogP contribution in [-0.2, 0) is 0 Å². The minimum atomic E-state index is -0.464. The van der Waals surface area contributed by atoms with Gasteiger partial charge < -0.3 is 5.73 Å². The van der Waals surface area contributed by atoms with E-state index in [1.165, 1.54) is 12.1 Å². The van der Waals surface area contributed by atoms with Gasteiger partial charge in [-0.3, -0.25) is 10.1 Å². The first-order chi connectivity index (χ1) is 7.68. The molecule has 0 unspecified atom stereocenters. The topological polar surface area (TPSA) is 82.0 Å². The molecular weight excluding hydrogens is 206 g/mol. The van der Waals surface area contributed by atoms with Gasteiger partial charge in [-0.15, -0.1) is 0 Å². The molecule has 80 valence electrons. The smallest absolute Gasteiger partial charge is 0.295 e. The van der Waals surface area contributed by atoms with E-state index in [0.717, 1.165) is 0 Å². The van der Waals surface area contributed by atoms with E-state index in [4.69, 9.17) is 5.73 Å². The van der Waals surface area contributed by atoms with Crippen molar-refractivity contribution < 1.29 is 4.92 Å². The molecule has 0 bridgehead atoms. The third-order valence-electron chi connectivity index (χ3n) is 2.14. The number of benzene rings is 1. The number of hydrogen-bond acceptors (Lipinski definition) is 4. The first-order valence-electron chi connectivity index (χ1n) is 4.65. The summed E-state index contributed by atoms with van der Waals surface area (Å²) in [5.41, 5.74) is 6.47. The van der Waals surface area contributed by atoms with Crippen molar-refractivity contribution in [1.82, 2.24) is 4.98 Å². The zero-order valence-corrected chi connectivity index (χ0v) is 8.33. The number of nitrogen functional groups attached to an aromatic ring is 1. The lowest BCUT2D eigenvalue weighted by Crippen LogP contribution is -1.98. The largest absolute Gasteiger partial charge is 0.384 e. The van der Waals surface area contributed by atoms with Crippen molar-refractivity contribution >= 4 is 11.5 Å². The minimum Gasteiger partial charge on any atom is -0.384 e. The number of anilines is 1. The molecule has 2 aromatic rings. The van der Waals surface area contributed by atoms with Crippen molar-refractivity contribution in [3.8, 4) is 11.3 Å². The van der Waals surface area contributed by atoms with Gasteiger partial charge in [0.05, 0.1) is 4.92 Å². The maximum absolute atomic E-state index is 10.8. The van der Waals surface area contributed by atoms with Crippen LogP contribution in [0.4, 0.5) is 11.5 Å². The van der Waals surface area contributed by atoms with Crippen LogP contribution < -0.4 is 5.73 Å². The van der Waals surface area contributed by atoms with E-state index in [0.29, 0.717) is 11.3 Å². The predicted molar refractivity (Wildman–Crippen MR) is 60.7 cm³/mol. The zero-order chi connectivity index (χ0) is 11.5. The average Bonchev–Trinajstić information content (AvgIpc) is 2.29. The molecular formula is C11H9N3O2. The van der Waals surface area contributed by atoms with Crippen molar-refractivity contribution in [1.29, 1.82) is 0 Å². The van der Waals surface area contributed by atoms with Gasteiger partial charge in [0.2, 0.25) is 0 Å². The first kappa shape index (κ1) is 10.1. The third kappa shape index (κ3) is 1.83. The standard InChI is InChI=1S/C11H9N3O2/c12-10-7-6-9(14(15)16)11(13-10)8-4-2-1-3-5-8/h1-7H,(H2,12,13). The second-order valence-electron chi connectivity index (χ2n) is 3.23.